The first-order valence-corrected chi connectivity index (χ1v) is 7.62. The number of aryl methyl sites for hydroxylation is 4. The van der Waals surface area contributed by atoms with Crippen molar-refractivity contribution in [3.05, 3.63) is 57.6 Å². The second kappa shape index (κ2) is 5.29. The van der Waals surface area contributed by atoms with Gasteiger partial charge in [0.05, 0.1) is 22.8 Å². The Kier molecular flexibility index (Phi) is 3.57. The molecule has 1 aromatic carbocycles. The zero-order valence-corrected chi connectivity index (χ0v) is 14.2. The molecule has 0 bridgehead atoms. The minimum atomic E-state index is 0.677. The predicted octanol–water partition coefficient (Wildman–Crippen LogP) is 4.25. The molecule has 2 aromatic heterocycles. The van der Waals surface area contributed by atoms with Gasteiger partial charge in [0.25, 0.3) is 0 Å². The number of hydrogen-bond donors (Lipinski definition) is 0. The van der Waals surface area contributed by atoms with Crippen LogP contribution in [-0.4, -0.2) is 19.6 Å². The van der Waals surface area contributed by atoms with E-state index in [0.29, 0.717) is 5.02 Å². The van der Waals surface area contributed by atoms with Crippen LogP contribution in [0.1, 0.15) is 28.3 Å². The van der Waals surface area contributed by atoms with E-state index in [4.69, 9.17) is 11.6 Å². The summed E-state index contributed by atoms with van der Waals surface area (Å²) >= 11 is 6.36. The molecule has 0 saturated heterocycles. The van der Waals surface area contributed by atoms with Gasteiger partial charge in [-0.1, -0.05) is 11.6 Å². The van der Waals surface area contributed by atoms with Crippen LogP contribution in [0.15, 0.2) is 24.3 Å². The molecule has 5 heteroatoms. The molecule has 3 aromatic rings. The highest BCUT2D eigenvalue weighted by atomic mass is 35.5. The maximum Gasteiger partial charge on any atom is 0.0714 e. The van der Waals surface area contributed by atoms with E-state index in [9.17, 15) is 0 Å². The fraction of sp³-hybridized carbons (Fsp3) is 0.294. The summed E-state index contributed by atoms with van der Waals surface area (Å²) in [6.07, 6.45) is 0. The van der Waals surface area contributed by atoms with Crippen LogP contribution in [-0.2, 0) is 0 Å². The molecule has 0 spiro atoms. The molecule has 0 saturated carbocycles. The van der Waals surface area contributed by atoms with Crippen LogP contribution in [0.4, 0.5) is 0 Å². The van der Waals surface area contributed by atoms with Gasteiger partial charge in [-0.2, -0.15) is 10.2 Å². The van der Waals surface area contributed by atoms with E-state index in [1.54, 1.807) is 0 Å². The minimum Gasteiger partial charge on any atom is -0.237 e. The molecule has 0 amide bonds. The van der Waals surface area contributed by atoms with Gasteiger partial charge >= 0.3 is 0 Å². The molecule has 22 heavy (non-hydrogen) atoms. The van der Waals surface area contributed by atoms with Crippen LogP contribution < -0.4 is 0 Å². The second-order valence-corrected chi connectivity index (χ2v) is 6.18. The van der Waals surface area contributed by atoms with Crippen LogP contribution in [0, 0.1) is 34.6 Å². The maximum atomic E-state index is 6.36. The van der Waals surface area contributed by atoms with Gasteiger partial charge in [-0.3, -0.25) is 0 Å². The highest BCUT2D eigenvalue weighted by Crippen LogP contribution is 2.28. The Labute approximate surface area is 135 Å². The molecule has 0 N–H and O–H groups in total. The third-order valence-corrected chi connectivity index (χ3v) is 4.01. The maximum absolute atomic E-state index is 6.36. The lowest BCUT2D eigenvalue weighted by Crippen LogP contribution is -2.07. The monoisotopic (exact) mass is 314 g/mol. The van der Waals surface area contributed by atoms with E-state index < -0.39 is 0 Å². The van der Waals surface area contributed by atoms with Crippen molar-refractivity contribution in [1.82, 2.24) is 19.6 Å². The van der Waals surface area contributed by atoms with Gasteiger partial charge in [0.15, 0.2) is 0 Å². The lowest BCUT2D eigenvalue weighted by Gasteiger charge is -2.15. The summed E-state index contributed by atoms with van der Waals surface area (Å²) in [6, 6.07) is 8.02. The molecule has 3 rings (SSSR count). The van der Waals surface area contributed by atoms with Crippen molar-refractivity contribution in [2.45, 2.75) is 34.6 Å². The molecule has 0 radical (unpaired) electrons. The Bertz CT molecular complexity index is 790. The number of hydrogen-bond acceptors (Lipinski definition) is 2. The average Bonchev–Trinajstić information content (AvgIpc) is 2.93. The molecule has 0 aliphatic rings. The Hall–Kier alpha value is -2.07. The number of benzene rings is 1. The summed E-state index contributed by atoms with van der Waals surface area (Å²) in [4.78, 5) is 0. The zero-order valence-electron chi connectivity index (χ0n) is 13.5. The third kappa shape index (κ3) is 2.44. The summed E-state index contributed by atoms with van der Waals surface area (Å²) in [6.45, 7) is 10.1. The van der Waals surface area contributed by atoms with Gasteiger partial charge in [0, 0.05) is 22.0 Å². The Morgan fingerprint density at radius 3 is 1.45 bits per heavy atom. The smallest absolute Gasteiger partial charge is 0.0714 e. The van der Waals surface area contributed by atoms with Gasteiger partial charge in [0.2, 0.25) is 0 Å². The summed E-state index contributed by atoms with van der Waals surface area (Å²) < 4.78 is 3.87. The fourth-order valence-electron chi connectivity index (χ4n) is 2.84. The highest BCUT2D eigenvalue weighted by molar-refractivity contribution is 6.31. The van der Waals surface area contributed by atoms with E-state index in [2.05, 4.69) is 29.3 Å². The van der Waals surface area contributed by atoms with Crippen molar-refractivity contribution < 1.29 is 0 Å². The van der Waals surface area contributed by atoms with Crippen LogP contribution in [0.3, 0.4) is 0 Å². The first-order valence-electron chi connectivity index (χ1n) is 7.24. The first-order chi connectivity index (χ1) is 10.4. The lowest BCUT2D eigenvalue weighted by atomic mass is 10.1. The first kappa shape index (κ1) is 14.9. The van der Waals surface area contributed by atoms with E-state index in [1.165, 1.54) is 0 Å². The van der Waals surface area contributed by atoms with Gasteiger partial charge in [-0.25, -0.2) is 9.36 Å². The van der Waals surface area contributed by atoms with Crippen LogP contribution in [0.2, 0.25) is 5.02 Å². The standard InChI is InChI=1S/C17H19ClN4/c1-10-6-12(3)21(19-10)16-8-15(18)9-17(14(16)5)22-13(4)7-11(2)20-22/h6-9H,1-5H3. The van der Waals surface area contributed by atoms with Crippen LogP contribution in [0.25, 0.3) is 11.4 Å². The Morgan fingerprint density at radius 1 is 0.727 bits per heavy atom. The predicted molar refractivity (Wildman–Crippen MR) is 89.4 cm³/mol. The normalized spacial score (nSPS) is 11.2. The van der Waals surface area contributed by atoms with Crippen molar-refractivity contribution >= 4 is 11.6 Å². The molecule has 0 atom stereocenters. The SMILES string of the molecule is Cc1cc(C)n(-c2cc(Cl)cc(-n3nc(C)cc3C)c2C)n1. The van der Waals surface area contributed by atoms with Crippen LogP contribution in [0.5, 0.6) is 0 Å². The van der Waals surface area contributed by atoms with Crippen molar-refractivity contribution in [2.24, 2.45) is 0 Å². The van der Waals surface area contributed by atoms with Gasteiger partial charge < -0.3 is 0 Å². The molecular formula is C17H19ClN4. The Balaban J connectivity index is 2.26. The molecular weight excluding hydrogens is 296 g/mol. The van der Waals surface area contributed by atoms with Crippen molar-refractivity contribution in [3.8, 4) is 11.4 Å². The molecule has 0 unspecified atom stereocenters. The summed E-state index contributed by atoms with van der Waals surface area (Å²) in [7, 11) is 0. The molecule has 0 fully saturated rings. The lowest BCUT2D eigenvalue weighted by molar-refractivity contribution is 0.802. The topological polar surface area (TPSA) is 35.6 Å². The van der Waals surface area contributed by atoms with Crippen molar-refractivity contribution in [2.75, 3.05) is 0 Å². The Morgan fingerprint density at radius 2 is 1.14 bits per heavy atom. The highest BCUT2D eigenvalue weighted by Gasteiger charge is 2.14. The molecule has 0 aliphatic carbocycles. The van der Waals surface area contributed by atoms with E-state index in [1.807, 2.05) is 49.2 Å². The summed E-state index contributed by atoms with van der Waals surface area (Å²) in [5.74, 6) is 0. The minimum absolute atomic E-state index is 0.677. The number of aromatic nitrogens is 4. The fourth-order valence-corrected chi connectivity index (χ4v) is 3.04. The van der Waals surface area contributed by atoms with E-state index >= 15 is 0 Å². The molecule has 2 heterocycles. The number of halogens is 1. The van der Waals surface area contributed by atoms with E-state index in [-0.39, 0.29) is 0 Å². The third-order valence-electron chi connectivity index (χ3n) is 3.79. The number of nitrogens with zero attached hydrogens (tertiary/aromatic N) is 4. The van der Waals surface area contributed by atoms with Gasteiger partial charge in [0.1, 0.15) is 0 Å². The van der Waals surface area contributed by atoms with E-state index in [0.717, 1.165) is 39.7 Å². The molecule has 114 valence electrons. The van der Waals surface area contributed by atoms with Crippen molar-refractivity contribution in [3.63, 3.8) is 0 Å². The van der Waals surface area contributed by atoms with Crippen LogP contribution >= 0.6 is 11.6 Å². The quantitative estimate of drug-likeness (QED) is 0.708. The summed E-state index contributed by atoms with van der Waals surface area (Å²) in [5, 5.41) is 9.82. The second-order valence-electron chi connectivity index (χ2n) is 5.75. The molecule has 0 aliphatic heterocycles. The average molecular weight is 315 g/mol. The van der Waals surface area contributed by atoms with Crippen molar-refractivity contribution in [1.29, 1.82) is 0 Å². The largest absolute Gasteiger partial charge is 0.237 e. The molecule has 4 nitrogen and oxygen atoms in total. The zero-order chi connectivity index (χ0) is 16.0. The summed E-state index contributed by atoms with van der Waals surface area (Å²) in [5.41, 5.74) is 7.22. The van der Waals surface area contributed by atoms with Gasteiger partial charge in [-0.05, 0) is 58.9 Å². The van der Waals surface area contributed by atoms with Gasteiger partial charge in [-0.15, -0.1) is 0 Å². The number of rotatable bonds is 2.